The highest BCUT2D eigenvalue weighted by Gasteiger charge is 2.15. The van der Waals surface area contributed by atoms with E-state index < -0.39 is 5.97 Å². The molecule has 1 amide bonds. The molecule has 6 nitrogen and oxygen atoms in total. The highest BCUT2D eigenvalue weighted by Crippen LogP contribution is 2.04. The lowest BCUT2D eigenvalue weighted by atomic mass is 10.2. The van der Waals surface area contributed by atoms with E-state index in [4.69, 9.17) is 4.74 Å². The van der Waals surface area contributed by atoms with Crippen molar-refractivity contribution in [2.24, 2.45) is 0 Å². The predicted octanol–water partition coefficient (Wildman–Crippen LogP) is 0.587. The molecular weight excluding hydrogens is 236 g/mol. The molecular formula is C12H16N2O4. The van der Waals surface area contributed by atoms with Crippen LogP contribution in [0.2, 0.25) is 0 Å². The lowest BCUT2D eigenvalue weighted by Gasteiger charge is -2.16. The van der Waals surface area contributed by atoms with Crippen LogP contribution in [0.15, 0.2) is 18.2 Å². The van der Waals surface area contributed by atoms with Crippen LogP contribution >= 0.6 is 0 Å². The van der Waals surface area contributed by atoms with Crippen molar-refractivity contribution in [3.05, 3.63) is 29.6 Å². The van der Waals surface area contributed by atoms with Gasteiger partial charge in [-0.3, -0.25) is 4.79 Å². The molecule has 0 N–H and O–H groups in total. The van der Waals surface area contributed by atoms with Gasteiger partial charge in [-0.1, -0.05) is 6.07 Å². The Morgan fingerprint density at radius 1 is 1.28 bits per heavy atom. The van der Waals surface area contributed by atoms with E-state index in [1.165, 1.54) is 18.1 Å². The molecule has 0 saturated heterocycles. The van der Waals surface area contributed by atoms with Gasteiger partial charge in [0.15, 0.2) is 0 Å². The van der Waals surface area contributed by atoms with Gasteiger partial charge in [0.1, 0.15) is 11.4 Å². The zero-order chi connectivity index (χ0) is 13.5. The molecule has 0 fully saturated rings. The Morgan fingerprint density at radius 3 is 2.56 bits per heavy atom. The normalized spacial score (nSPS) is 9.94. The number of likely N-dealkylation sites (N-methyl/N-ethyl adjacent to an activating group) is 1. The molecule has 1 aromatic heterocycles. The van der Waals surface area contributed by atoms with E-state index in [0.717, 1.165) is 0 Å². The Morgan fingerprint density at radius 2 is 1.94 bits per heavy atom. The quantitative estimate of drug-likeness (QED) is 0.717. The summed E-state index contributed by atoms with van der Waals surface area (Å²) in [6.45, 7) is 0.901. The standard InChI is InChI=1S/C12H16N2O4/c1-14(7-8-17-2)11(15)9-5-4-6-10(13-9)12(16)18-3/h4-6H,7-8H2,1-3H3. The zero-order valence-electron chi connectivity index (χ0n) is 10.7. The van der Waals surface area contributed by atoms with E-state index in [0.29, 0.717) is 13.2 Å². The summed E-state index contributed by atoms with van der Waals surface area (Å²) in [6.07, 6.45) is 0. The number of hydrogen-bond donors (Lipinski definition) is 0. The Bertz CT molecular complexity index is 434. The molecule has 0 spiro atoms. The Hall–Kier alpha value is -1.95. The number of ether oxygens (including phenoxy) is 2. The van der Waals surface area contributed by atoms with Gasteiger partial charge in [0.2, 0.25) is 0 Å². The molecule has 0 unspecified atom stereocenters. The van der Waals surface area contributed by atoms with Crippen molar-refractivity contribution in [3.63, 3.8) is 0 Å². The van der Waals surface area contributed by atoms with Gasteiger partial charge in [-0.05, 0) is 12.1 Å². The second-order valence-electron chi connectivity index (χ2n) is 3.62. The van der Waals surface area contributed by atoms with Crippen LogP contribution in [-0.2, 0) is 9.47 Å². The van der Waals surface area contributed by atoms with E-state index >= 15 is 0 Å². The molecule has 0 aliphatic heterocycles. The maximum absolute atomic E-state index is 12.0. The predicted molar refractivity (Wildman–Crippen MR) is 64.4 cm³/mol. The highest BCUT2D eigenvalue weighted by molar-refractivity contribution is 5.94. The lowest BCUT2D eigenvalue weighted by Crippen LogP contribution is -2.30. The molecule has 0 radical (unpaired) electrons. The number of aromatic nitrogens is 1. The number of esters is 1. The fraction of sp³-hybridized carbons (Fsp3) is 0.417. The lowest BCUT2D eigenvalue weighted by molar-refractivity contribution is 0.0593. The molecule has 18 heavy (non-hydrogen) atoms. The van der Waals surface area contributed by atoms with Crippen LogP contribution in [0.25, 0.3) is 0 Å². The van der Waals surface area contributed by atoms with E-state index in [-0.39, 0.29) is 17.3 Å². The zero-order valence-corrected chi connectivity index (χ0v) is 10.7. The number of amides is 1. The van der Waals surface area contributed by atoms with Crippen LogP contribution in [-0.4, -0.2) is 56.2 Å². The first-order valence-electron chi connectivity index (χ1n) is 5.40. The summed E-state index contributed by atoms with van der Waals surface area (Å²) in [5, 5.41) is 0. The molecule has 1 aromatic rings. The van der Waals surface area contributed by atoms with Crippen LogP contribution < -0.4 is 0 Å². The molecule has 0 bridgehead atoms. The number of carbonyl (C=O) groups excluding carboxylic acids is 2. The van der Waals surface area contributed by atoms with Gasteiger partial charge in [-0.2, -0.15) is 0 Å². The van der Waals surface area contributed by atoms with E-state index in [1.807, 2.05) is 0 Å². The Labute approximate surface area is 106 Å². The topological polar surface area (TPSA) is 68.7 Å². The summed E-state index contributed by atoms with van der Waals surface area (Å²) in [7, 11) is 4.48. The number of methoxy groups -OCH3 is 2. The van der Waals surface area contributed by atoms with Crippen molar-refractivity contribution in [1.29, 1.82) is 0 Å². The minimum atomic E-state index is -0.566. The number of carbonyl (C=O) groups is 2. The first-order valence-corrected chi connectivity index (χ1v) is 5.40. The smallest absolute Gasteiger partial charge is 0.356 e. The Kier molecular flexibility index (Phi) is 5.26. The van der Waals surface area contributed by atoms with Gasteiger partial charge in [-0.25, -0.2) is 9.78 Å². The average molecular weight is 252 g/mol. The van der Waals surface area contributed by atoms with Crippen LogP contribution in [0, 0.1) is 0 Å². The van der Waals surface area contributed by atoms with Gasteiger partial charge < -0.3 is 14.4 Å². The number of rotatable bonds is 5. The van der Waals surface area contributed by atoms with Crippen LogP contribution in [0.1, 0.15) is 21.0 Å². The van der Waals surface area contributed by atoms with Crippen LogP contribution in [0.4, 0.5) is 0 Å². The second-order valence-corrected chi connectivity index (χ2v) is 3.62. The fourth-order valence-electron chi connectivity index (χ4n) is 1.30. The molecule has 0 aliphatic rings. The molecule has 0 aliphatic carbocycles. The summed E-state index contributed by atoms with van der Waals surface area (Å²) in [4.78, 5) is 28.7. The minimum Gasteiger partial charge on any atom is -0.464 e. The van der Waals surface area contributed by atoms with Gasteiger partial charge in [-0.15, -0.1) is 0 Å². The molecule has 98 valence electrons. The number of nitrogens with zero attached hydrogens (tertiary/aromatic N) is 2. The van der Waals surface area contributed by atoms with Gasteiger partial charge in [0.25, 0.3) is 5.91 Å². The summed E-state index contributed by atoms with van der Waals surface area (Å²) >= 11 is 0. The maximum Gasteiger partial charge on any atom is 0.356 e. The monoisotopic (exact) mass is 252 g/mol. The number of pyridine rings is 1. The van der Waals surface area contributed by atoms with Crippen LogP contribution in [0.5, 0.6) is 0 Å². The van der Waals surface area contributed by atoms with Crippen molar-refractivity contribution in [2.45, 2.75) is 0 Å². The molecule has 6 heteroatoms. The minimum absolute atomic E-state index is 0.114. The van der Waals surface area contributed by atoms with Gasteiger partial charge >= 0.3 is 5.97 Å². The van der Waals surface area contributed by atoms with Gasteiger partial charge in [0.05, 0.1) is 13.7 Å². The SMILES string of the molecule is COCCN(C)C(=O)c1cccc(C(=O)OC)n1. The summed E-state index contributed by atoms with van der Waals surface area (Å²) < 4.78 is 9.44. The number of hydrogen-bond acceptors (Lipinski definition) is 5. The third-order valence-electron chi connectivity index (χ3n) is 2.34. The molecule has 0 aromatic carbocycles. The maximum atomic E-state index is 12.0. The van der Waals surface area contributed by atoms with E-state index in [9.17, 15) is 9.59 Å². The fourth-order valence-corrected chi connectivity index (χ4v) is 1.30. The van der Waals surface area contributed by atoms with E-state index in [2.05, 4.69) is 9.72 Å². The molecule has 0 atom stereocenters. The van der Waals surface area contributed by atoms with Crippen molar-refractivity contribution in [2.75, 3.05) is 34.4 Å². The molecule has 1 rings (SSSR count). The second kappa shape index (κ2) is 6.70. The summed E-state index contributed by atoms with van der Waals surface area (Å²) in [6, 6.07) is 4.65. The Balaban J connectivity index is 2.83. The van der Waals surface area contributed by atoms with Crippen molar-refractivity contribution in [1.82, 2.24) is 9.88 Å². The molecule has 0 saturated carbocycles. The first-order chi connectivity index (χ1) is 8.60. The summed E-state index contributed by atoms with van der Waals surface area (Å²) in [5.74, 6) is -0.831. The first kappa shape index (κ1) is 14.1. The average Bonchev–Trinajstić information content (AvgIpc) is 2.43. The molecule has 1 heterocycles. The van der Waals surface area contributed by atoms with Crippen molar-refractivity contribution >= 4 is 11.9 Å². The summed E-state index contributed by atoms with van der Waals surface area (Å²) in [5.41, 5.74) is 0.319. The van der Waals surface area contributed by atoms with Crippen molar-refractivity contribution < 1.29 is 19.1 Å². The third kappa shape index (κ3) is 3.53. The van der Waals surface area contributed by atoms with E-state index in [1.54, 1.807) is 26.3 Å². The van der Waals surface area contributed by atoms with Crippen molar-refractivity contribution in [3.8, 4) is 0 Å². The third-order valence-corrected chi connectivity index (χ3v) is 2.34. The largest absolute Gasteiger partial charge is 0.464 e. The van der Waals surface area contributed by atoms with Crippen LogP contribution in [0.3, 0.4) is 0 Å². The highest BCUT2D eigenvalue weighted by atomic mass is 16.5. The van der Waals surface area contributed by atoms with Gasteiger partial charge in [0, 0.05) is 20.7 Å².